The van der Waals surface area contributed by atoms with E-state index in [1.165, 1.54) is 7.11 Å². The number of nitrogens with two attached hydrogens (primary N) is 1. The number of ether oxygens (including phenoxy) is 3. The number of carbonyl (C=O) groups excluding carboxylic acids is 1. The summed E-state index contributed by atoms with van der Waals surface area (Å²) in [5, 5.41) is 0. The normalized spacial score (nSPS) is 21.7. The van der Waals surface area contributed by atoms with Crippen LogP contribution in [0.1, 0.15) is 24.5 Å². The van der Waals surface area contributed by atoms with Crippen LogP contribution in [-0.2, 0) is 22.3 Å². The summed E-state index contributed by atoms with van der Waals surface area (Å²) in [7, 11) is 3.05. The number of rotatable bonds is 3. The van der Waals surface area contributed by atoms with Gasteiger partial charge in [0.1, 0.15) is 17.9 Å². The van der Waals surface area contributed by atoms with E-state index >= 15 is 0 Å². The highest BCUT2D eigenvalue weighted by atomic mass is 16.5. The van der Waals surface area contributed by atoms with Gasteiger partial charge >= 0.3 is 6.09 Å². The maximum Gasteiger partial charge on any atom is 0.413 e. The SMILES string of the molecule is CCN(C(=O)OC)c1ccc(OC)c2c1CC1(CC2)COC(N)=N1. The molecule has 24 heavy (non-hydrogen) atoms. The average molecular weight is 333 g/mol. The largest absolute Gasteiger partial charge is 0.496 e. The van der Waals surface area contributed by atoms with Crippen molar-refractivity contribution in [3.63, 3.8) is 0 Å². The minimum Gasteiger partial charge on any atom is -0.496 e. The van der Waals surface area contributed by atoms with Gasteiger partial charge < -0.3 is 19.9 Å². The van der Waals surface area contributed by atoms with Gasteiger partial charge in [0.05, 0.1) is 19.9 Å². The lowest BCUT2D eigenvalue weighted by Crippen LogP contribution is -2.38. The molecule has 0 fully saturated rings. The average Bonchev–Trinajstić information content (AvgIpc) is 2.95. The Hall–Kier alpha value is -2.44. The maximum atomic E-state index is 12.1. The van der Waals surface area contributed by atoms with Crippen LogP contribution in [0, 0.1) is 0 Å². The van der Waals surface area contributed by atoms with Gasteiger partial charge in [-0.1, -0.05) is 0 Å². The molecule has 7 heteroatoms. The first-order valence-corrected chi connectivity index (χ1v) is 8.06. The molecule has 1 spiro atoms. The first-order chi connectivity index (χ1) is 11.5. The second kappa shape index (κ2) is 6.22. The van der Waals surface area contributed by atoms with Gasteiger partial charge in [-0.2, -0.15) is 0 Å². The smallest absolute Gasteiger partial charge is 0.413 e. The monoisotopic (exact) mass is 333 g/mol. The third-order valence-electron chi connectivity index (χ3n) is 4.77. The number of anilines is 1. The van der Waals surface area contributed by atoms with Crippen LogP contribution in [0.2, 0.25) is 0 Å². The Labute approximate surface area is 141 Å². The van der Waals surface area contributed by atoms with Gasteiger partial charge in [-0.25, -0.2) is 9.79 Å². The number of fused-ring (bicyclic) bond motifs is 1. The highest BCUT2D eigenvalue weighted by Crippen LogP contribution is 2.42. The lowest BCUT2D eigenvalue weighted by Gasteiger charge is -2.34. The Kier molecular flexibility index (Phi) is 4.26. The molecule has 1 aromatic rings. The molecule has 0 bridgehead atoms. The lowest BCUT2D eigenvalue weighted by molar-refractivity contribution is 0.179. The van der Waals surface area contributed by atoms with E-state index in [4.69, 9.17) is 19.9 Å². The van der Waals surface area contributed by atoms with E-state index in [1.807, 2.05) is 19.1 Å². The minimum absolute atomic E-state index is 0.239. The summed E-state index contributed by atoms with van der Waals surface area (Å²) in [5.41, 5.74) is 8.37. The number of amidine groups is 1. The molecular weight excluding hydrogens is 310 g/mol. The second-order valence-corrected chi connectivity index (χ2v) is 6.10. The van der Waals surface area contributed by atoms with E-state index in [0.717, 1.165) is 35.4 Å². The zero-order valence-corrected chi connectivity index (χ0v) is 14.3. The molecule has 3 rings (SSSR count). The molecule has 1 atom stereocenters. The van der Waals surface area contributed by atoms with Crippen molar-refractivity contribution >= 4 is 17.8 Å². The standard InChI is InChI=1S/C17H23N3O4/c1-4-20(16(21)23-3)13-5-6-14(22-2)11-7-8-17(9-12(11)13)10-24-15(18)19-17/h5-6H,4,7-10H2,1-3H3,(H2,18,19). The zero-order chi connectivity index (χ0) is 17.3. The van der Waals surface area contributed by atoms with E-state index in [-0.39, 0.29) is 17.7 Å². The molecule has 1 aliphatic heterocycles. The third-order valence-corrected chi connectivity index (χ3v) is 4.77. The molecule has 0 radical (unpaired) electrons. The molecule has 1 aliphatic carbocycles. The van der Waals surface area contributed by atoms with Crippen molar-refractivity contribution < 1.29 is 19.0 Å². The molecule has 1 amide bonds. The molecule has 7 nitrogen and oxygen atoms in total. The van der Waals surface area contributed by atoms with Crippen LogP contribution < -0.4 is 15.4 Å². The quantitative estimate of drug-likeness (QED) is 0.912. The number of benzene rings is 1. The Morgan fingerprint density at radius 3 is 2.79 bits per heavy atom. The van der Waals surface area contributed by atoms with Gasteiger partial charge in [0.2, 0.25) is 0 Å². The molecule has 2 N–H and O–H groups in total. The molecule has 1 aromatic carbocycles. The molecule has 0 aromatic heterocycles. The van der Waals surface area contributed by atoms with Crippen molar-refractivity contribution in [3.8, 4) is 5.75 Å². The molecule has 1 heterocycles. The molecule has 1 unspecified atom stereocenters. The van der Waals surface area contributed by atoms with Gasteiger partial charge in [-0.15, -0.1) is 0 Å². The summed E-state index contributed by atoms with van der Waals surface area (Å²) in [4.78, 5) is 18.3. The lowest BCUT2D eigenvalue weighted by atomic mass is 9.77. The minimum atomic E-state index is -0.379. The van der Waals surface area contributed by atoms with Gasteiger partial charge in [-0.3, -0.25) is 4.90 Å². The Morgan fingerprint density at radius 2 is 2.21 bits per heavy atom. The van der Waals surface area contributed by atoms with Crippen molar-refractivity contribution in [2.24, 2.45) is 10.7 Å². The Balaban J connectivity index is 2.08. The number of carbonyl (C=O) groups is 1. The topological polar surface area (TPSA) is 86.4 Å². The van der Waals surface area contributed by atoms with Crippen molar-refractivity contribution in [3.05, 3.63) is 23.3 Å². The summed E-state index contributed by atoms with van der Waals surface area (Å²) in [5.74, 6) is 0.834. The number of hydrogen-bond donors (Lipinski definition) is 1. The van der Waals surface area contributed by atoms with Crippen LogP contribution in [0.5, 0.6) is 5.75 Å². The van der Waals surface area contributed by atoms with E-state index < -0.39 is 0 Å². The Bertz CT molecular complexity index is 689. The highest BCUT2D eigenvalue weighted by molar-refractivity contribution is 5.89. The predicted octanol–water partition coefficient (Wildman–Crippen LogP) is 1.86. The van der Waals surface area contributed by atoms with Crippen molar-refractivity contribution in [2.75, 3.05) is 32.3 Å². The first kappa shape index (κ1) is 16.4. The van der Waals surface area contributed by atoms with Crippen molar-refractivity contribution in [1.82, 2.24) is 0 Å². The van der Waals surface area contributed by atoms with Gasteiger partial charge in [0, 0.05) is 13.0 Å². The van der Waals surface area contributed by atoms with Crippen LogP contribution >= 0.6 is 0 Å². The number of methoxy groups -OCH3 is 2. The number of amides is 1. The summed E-state index contributed by atoms with van der Waals surface area (Å²) >= 11 is 0. The van der Waals surface area contributed by atoms with Gasteiger partial charge in [0.15, 0.2) is 0 Å². The van der Waals surface area contributed by atoms with Gasteiger partial charge in [-0.05, 0) is 43.0 Å². The number of hydrogen-bond acceptors (Lipinski definition) is 6. The first-order valence-electron chi connectivity index (χ1n) is 8.06. The van der Waals surface area contributed by atoms with Crippen molar-refractivity contribution in [1.29, 1.82) is 0 Å². The molecular formula is C17H23N3O4. The summed E-state index contributed by atoms with van der Waals surface area (Å²) < 4.78 is 15.8. The maximum absolute atomic E-state index is 12.1. The van der Waals surface area contributed by atoms with Crippen LogP contribution in [0.15, 0.2) is 17.1 Å². The van der Waals surface area contributed by atoms with Crippen LogP contribution in [0.25, 0.3) is 0 Å². The molecule has 130 valence electrons. The van der Waals surface area contributed by atoms with E-state index in [0.29, 0.717) is 19.6 Å². The second-order valence-electron chi connectivity index (χ2n) is 6.10. The summed E-state index contributed by atoms with van der Waals surface area (Å²) in [6, 6.07) is 4.05. The van der Waals surface area contributed by atoms with E-state index in [9.17, 15) is 4.79 Å². The summed E-state index contributed by atoms with van der Waals surface area (Å²) in [6.45, 7) is 2.90. The summed E-state index contributed by atoms with van der Waals surface area (Å²) in [6.07, 6.45) is 1.91. The predicted molar refractivity (Wildman–Crippen MR) is 90.7 cm³/mol. The highest BCUT2D eigenvalue weighted by Gasteiger charge is 2.41. The number of aliphatic imine (C=N–C) groups is 1. The van der Waals surface area contributed by atoms with Crippen molar-refractivity contribution in [2.45, 2.75) is 31.7 Å². The molecule has 0 saturated carbocycles. The van der Waals surface area contributed by atoms with Crippen LogP contribution in [0.4, 0.5) is 10.5 Å². The fourth-order valence-corrected chi connectivity index (χ4v) is 3.58. The number of nitrogens with zero attached hydrogens (tertiary/aromatic N) is 2. The fourth-order valence-electron chi connectivity index (χ4n) is 3.58. The Morgan fingerprint density at radius 1 is 1.42 bits per heavy atom. The van der Waals surface area contributed by atoms with Crippen LogP contribution in [-0.4, -0.2) is 45.0 Å². The third kappa shape index (κ3) is 2.64. The van der Waals surface area contributed by atoms with Crippen LogP contribution in [0.3, 0.4) is 0 Å². The van der Waals surface area contributed by atoms with E-state index in [1.54, 1.807) is 12.0 Å². The van der Waals surface area contributed by atoms with Gasteiger partial charge in [0.25, 0.3) is 6.02 Å². The fraction of sp³-hybridized carbons (Fsp3) is 0.529. The molecule has 0 saturated heterocycles. The zero-order valence-electron chi connectivity index (χ0n) is 14.3. The molecule has 2 aliphatic rings. The van der Waals surface area contributed by atoms with E-state index in [2.05, 4.69) is 4.99 Å².